The quantitative estimate of drug-likeness (QED) is 0.151. The predicted octanol–water partition coefficient (Wildman–Crippen LogP) is 12.2. The van der Waals surface area contributed by atoms with Crippen molar-refractivity contribution in [3.63, 3.8) is 0 Å². The van der Waals surface area contributed by atoms with E-state index in [4.69, 9.17) is 18.9 Å². The maximum Gasteiger partial charge on any atom is 0.311 e. The van der Waals surface area contributed by atoms with Gasteiger partial charge >= 0.3 is 23.9 Å². The second-order valence-corrected chi connectivity index (χ2v) is 19.0. The summed E-state index contributed by atoms with van der Waals surface area (Å²) < 4.78 is 23.8. The fraction of sp³-hybridized carbons (Fsp3) is 0.915. The van der Waals surface area contributed by atoms with E-state index in [1.807, 2.05) is 41.5 Å². The molecule has 6 aliphatic rings. The van der Waals surface area contributed by atoms with Crippen LogP contribution in [0.15, 0.2) is 0 Å². The van der Waals surface area contributed by atoms with Crippen LogP contribution < -0.4 is 0 Å². The molecule has 0 saturated heterocycles. The molecule has 0 aromatic carbocycles. The standard InChI is InChI=1S/C22H36O4.C21H34O4.4CH4/c1-5-21(3,4)20(24)25-18-14-15-12-16(18)17(13-15)19(23)26-22(6-2)10-8-7-9-11-22;1-5-20(2,3)19(23)24-17-13-14-11-15(17)16(12-14)18(22)25-21(4)9-7-6-8-10-21;;;;/h15-18H,5-14H2,1-4H3;14-17H,5-13H2,1-4H3;4*1H4. The van der Waals surface area contributed by atoms with E-state index < -0.39 is 10.8 Å². The van der Waals surface area contributed by atoms with Gasteiger partial charge in [0.2, 0.25) is 0 Å². The van der Waals surface area contributed by atoms with Gasteiger partial charge in [0.05, 0.1) is 22.7 Å². The van der Waals surface area contributed by atoms with Gasteiger partial charge in [-0.1, -0.05) is 63.3 Å². The summed E-state index contributed by atoms with van der Waals surface area (Å²) in [4.78, 5) is 50.7. The first-order valence-electron chi connectivity index (χ1n) is 20.9. The first-order chi connectivity index (χ1) is 24.0. The Morgan fingerprint density at radius 3 is 1.29 bits per heavy atom. The van der Waals surface area contributed by atoms with Crippen LogP contribution in [-0.4, -0.2) is 47.3 Å². The average Bonchev–Trinajstić information content (AvgIpc) is 3.91. The van der Waals surface area contributed by atoms with E-state index in [0.29, 0.717) is 11.8 Å². The van der Waals surface area contributed by atoms with E-state index >= 15 is 0 Å². The molecule has 0 N–H and O–H groups in total. The number of hydrogen-bond acceptors (Lipinski definition) is 8. The molecule has 6 rings (SSSR count). The van der Waals surface area contributed by atoms with Crippen molar-refractivity contribution in [3.8, 4) is 0 Å². The molecule has 8 heteroatoms. The van der Waals surface area contributed by atoms with Crippen molar-refractivity contribution < 1.29 is 38.1 Å². The minimum atomic E-state index is -0.452. The highest BCUT2D eigenvalue weighted by Crippen LogP contribution is 2.52. The van der Waals surface area contributed by atoms with Gasteiger partial charge in [-0.3, -0.25) is 19.2 Å². The molecule has 0 aromatic heterocycles. The highest BCUT2D eigenvalue weighted by Gasteiger charge is 2.54. The lowest BCUT2D eigenvalue weighted by Gasteiger charge is -2.38. The zero-order valence-electron chi connectivity index (χ0n) is 33.3. The molecule has 0 radical (unpaired) electrons. The lowest BCUT2D eigenvalue weighted by atomic mass is 9.81. The molecular formula is C47H86O8. The number of esters is 4. The van der Waals surface area contributed by atoms with Gasteiger partial charge in [-0.15, -0.1) is 0 Å². The van der Waals surface area contributed by atoms with Crippen molar-refractivity contribution in [1.82, 2.24) is 0 Å². The molecule has 6 fully saturated rings. The fourth-order valence-electron chi connectivity index (χ4n) is 10.0. The predicted molar refractivity (Wildman–Crippen MR) is 223 cm³/mol. The van der Waals surface area contributed by atoms with Crippen LogP contribution in [0.25, 0.3) is 0 Å². The normalized spacial score (nSPS) is 31.1. The number of ether oxygens (including phenoxy) is 4. The lowest BCUT2D eigenvalue weighted by molar-refractivity contribution is -0.177. The SMILES string of the molecule is C.C.C.C.CCC(C)(C)C(=O)OC1CC2CC(C(=O)OC3(C)CCCCC3)C1C2.CCC1(OC(=O)C2CC3CC(OC(=O)C(C)(C)CC)C2C3)CCCCC1. The van der Waals surface area contributed by atoms with Gasteiger partial charge in [-0.2, -0.15) is 0 Å². The molecule has 0 aromatic rings. The average molecular weight is 779 g/mol. The number of carbonyl (C=O) groups excluding carboxylic acids is 4. The van der Waals surface area contributed by atoms with Crippen molar-refractivity contribution in [1.29, 1.82) is 0 Å². The van der Waals surface area contributed by atoms with Gasteiger partial charge in [0.15, 0.2) is 0 Å². The number of rotatable bonds is 11. The Bertz CT molecular complexity index is 1240. The largest absolute Gasteiger partial charge is 0.462 e. The number of carbonyl (C=O) groups is 4. The molecular weight excluding hydrogens is 693 g/mol. The van der Waals surface area contributed by atoms with Gasteiger partial charge < -0.3 is 18.9 Å². The van der Waals surface area contributed by atoms with Crippen LogP contribution in [0.4, 0.5) is 0 Å². The van der Waals surface area contributed by atoms with Crippen LogP contribution in [-0.2, 0) is 38.1 Å². The Morgan fingerprint density at radius 1 is 0.545 bits per heavy atom. The maximum atomic E-state index is 13.0. The molecule has 4 bridgehead atoms. The van der Waals surface area contributed by atoms with E-state index in [1.54, 1.807) is 0 Å². The van der Waals surface area contributed by atoms with Gasteiger partial charge in [-0.05, 0) is 156 Å². The van der Waals surface area contributed by atoms with Crippen molar-refractivity contribution in [2.75, 3.05) is 0 Å². The molecule has 0 spiro atoms. The maximum absolute atomic E-state index is 13.0. The molecule has 0 aliphatic heterocycles. The van der Waals surface area contributed by atoms with Gasteiger partial charge in [-0.25, -0.2) is 0 Å². The van der Waals surface area contributed by atoms with Crippen LogP contribution in [0.2, 0.25) is 0 Å². The van der Waals surface area contributed by atoms with Crippen molar-refractivity contribution in [2.24, 2.45) is 46.3 Å². The van der Waals surface area contributed by atoms with Gasteiger partial charge in [0.25, 0.3) is 0 Å². The number of fused-ring (bicyclic) bond motifs is 4. The Morgan fingerprint density at radius 2 is 0.927 bits per heavy atom. The van der Waals surface area contributed by atoms with Gasteiger partial charge in [0, 0.05) is 11.8 Å². The summed E-state index contributed by atoms with van der Waals surface area (Å²) in [5, 5.41) is 0. The van der Waals surface area contributed by atoms with E-state index in [0.717, 1.165) is 109 Å². The molecule has 322 valence electrons. The molecule has 6 saturated carbocycles. The van der Waals surface area contributed by atoms with Crippen LogP contribution in [0.3, 0.4) is 0 Å². The summed E-state index contributed by atoms with van der Waals surface area (Å²) in [6.07, 6.45) is 18.9. The zero-order chi connectivity index (χ0) is 37.2. The third-order valence-electron chi connectivity index (χ3n) is 14.5. The molecule has 0 amide bonds. The van der Waals surface area contributed by atoms with Crippen molar-refractivity contribution in [2.45, 2.75) is 231 Å². The molecule has 8 unspecified atom stereocenters. The van der Waals surface area contributed by atoms with E-state index in [-0.39, 0.29) is 101 Å². The summed E-state index contributed by atoms with van der Waals surface area (Å²) in [7, 11) is 0. The summed E-state index contributed by atoms with van der Waals surface area (Å²) in [6, 6.07) is 0. The topological polar surface area (TPSA) is 105 Å². The first kappa shape index (κ1) is 50.9. The first-order valence-corrected chi connectivity index (χ1v) is 20.9. The minimum Gasteiger partial charge on any atom is -0.462 e. The van der Waals surface area contributed by atoms with E-state index in [9.17, 15) is 19.2 Å². The Balaban J connectivity index is 0.000000513. The lowest BCUT2D eigenvalue weighted by Crippen LogP contribution is -2.42. The molecule has 8 atom stereocenters. The van der Waals surface area contributed by atoms with Crippen molar-refractivity contribution >= 4 is 23.9 Å². The van der Waals surface area contributed by atoms with Crippen molar-refractivity contribution in [3.05, 3.63) is 0 Å². The Labute approximate surface area is 338 Å². The number of hydrogen-bond donors (Lipinski definition) is 0. The second kappa shape index (κ2) is 20.5. The molecule has 6 aliphatic carbocycles. The minimum absolute atomic E-state index is 0. The second-order valence-electron chi connectivity index (χ2n) is 19.0. The third kappa shape index (κ3) is 11.7. The Hall–Kier alpha value is -2.12. The molecule has 8 nitrogen and oxygen atoms in total. The van der Waals surface area contributed by atoms with E-state index in [2.05, 4.69) is 13.8 Å². The van der Waals surface area contributed by atoms with Crippen LogP contribution >= 0.6 is 0 Å². The highest BCUT2D eigenvalue weighted by atomic mass is 16.6. The summed E-state index contributed by atoms with van der Waals surface area (Å²) >= 11 is 0. The van der Waals surface area contributed by atoms with Crippen LogP contribution in [0.5, 0.6) is 0 Å². The Kier molecular flexibility index (Phi) is 19.0. The molecule has 0 heterocycles. The highest BCUT2D eigenvalue weighted by molar-refractivity contribution is 5.78. The smallest absolute Gasteiger partial charge is 0.311 e. The van der Waals surface area contributed by atoms with Gasteiger partial charge in [0.1, 0.15) is 23.4 Å². The summed E-state index contributed by atoms with van der Waals surface area (Å²) in [6.45, 7) is 16.0. The monoisotopic (exact) mass is 779 g/mol. The van der Waals surface area contributed by atoms with Crippen LogP contribution in [0, 0.1) is 46.3 Å². The summed E-state index contributed by atoms with van der Waals surface area (Å²) in [5.41, 5.74) is -1.43. The summed E-state index contributed by atoms with van der Waals surface area (Å²) in [5.74, 6) is 0.822. The van der Waals surface area contributed by atoms with Crippen LogP contribution in [0.1, 0.15) is 207 Å². The van der Waals surface area contributed by atoms with E-state index in [1.165, 1.54) is 12.8 Å². The fourth-order valence-corrected chi connectivity index (χ4v) is 10.0. The molecule has 55 heavy (non-hydrogen) atoms. The zero-order valence-corrected chi connectivity index (χ0v) is 33.3. The third-order valence-corrected chi connectivity index (χ3v) is 14.5.